The molecule has 150 valence electrons. The van der Waals surface area contributed by atoms with Crippen molar-refractivity contribution in [1.29, 1.82) is 0 Å². The summed E-state index contributed by atoms with van der Waals surface area (Å²) in [5, 5.41) is 10.8. The second kappa shape index (κ2) is 9.47. The number of hydrogen-bond donors (Lipinski definition) is 1. The lowest BCUT2D eigenvalue weighted by molar-refractivity contribution is -0.133. The Labute approximate surface area is 177 Å². The van der Waals surface area contributed by atoms with Crippen LogP contribution in [-0.2, 0) is 16.0 Å². The summed E-state index contributed by atoms with van der Waals surface area (Å²) in [6.45, 7) is 1.87. The molecule has 2 amide bonds. The van der Waals surface area contributed by atoms with Gasteiger partial charge in [-0.05, 0) is 42.8 Å². The molecule has 0 bridgehead atoms. The van der Waals surface area contributed by atoms with Gasteiger partial charge in [0.1, 0.15) is 0 Å². The molecule has 0 atom stereocenters. The zero-order chi connectivity index (χ0) is 20.8. The van der Waals surface area contributed by atoms with Crippen molar-refractivity contribution in [1.82, 2.24) is 15.1 Å². The molecule has 1 N–H and O–H groups in total. The molecule has 29 heavy (non-hydrogen) atoms. The molecule has 1 heterocycles. The third-order valence-electron chi connectivity index (χ3n) is 4.31. The van der Waals surface area contributed by atoms with Gasteiger partial charge in [-0.3, -0.25) is 9.59 Å². The van der Waals surface area contributed by atoms with Crippen LogP contribution in [0.5, 0.6) is 0 Å². The first-order valence-electron chi connectivity index (χ1n) is 9.10. The Balaban J connectivity index is 1.49. The van der Waals surface area contributed by atoms with E-state index in [0.717, 1.165) is 21.3 Å². The van der Waals surface area contributed by atoms with E-state index in [0.29, 0.717) is 18.2 Å². The van der Waals surface area contributed by atoms with Crippen LogP contribution in [0.4, 0.5) is 5.69 Å². The normalized spacial score (nSPS) is 10.6. The molecule has 0 aliphatic heterocycles. The summed E-state index contributed by atoms with van der Waals surface area (Å²) in [6.07, 6.45) is 0.494. The van der Waals surface area contributed by atoms with Crippen molar-refractivity contribution in [3.8, 4) is 11.5 Å². The van der Waals surface area contributed by atoms with Gasteiger partial charge in [0.15, 0.2) is 0 Å². The van der Waals surface area contributed by atoms with E-state index >= 15 is 0 Å². The van der Waals surface area contributed by atoms with Crippen LogP contribution < -0.4 is 5.32 Å². The topological polar surface area (TPSA) is 88.3 Å². The number of nitrogens with zero attached hydrogens (tertiary/aromatic N) is 3. The highest BCUT2D eigenvalue weighted by molar-refractivity contribution is 9.10. The van der Waals surface area contributed by atoms with Gasteiger partial charge >= 0.3 is 0 Å². The number of aryl methyl sites for hydroxylation is 2. The molecule has 0 saturated heterocycles. The monoisotopic (exact) mass is 456 g/mol. The summed E-state index contributed by atoms with van der Waals surface area (Å²) >= 11 is 3.39. The molecule has 0 spiro atoms. The lowest BCUT2D eigenvalue weighted by Crippen LogP contribution is -2.35. The lowest BCUT2D eigenvalue weighted by atomic mass is 10.2. The fraction of sp³-hybridized carbons (Fsp3) is 0.238. The molecule has 0 aliphatic rings. The number of likely N-dealkylation sites (N-methyl/N-ethyl adjacent to an activating group) is 1. The summed E-state index contributed by atoms with van der Waals surface area (Å²) in [5.41, 5.74) is 2.49. The Morgan fingerprint density at radius 2 is 1.90 bits per heavy atom. The SMILES string of the molecule is Cc1cc(Br)ccc1NC(=O)CN(C)C(=O)CCc1nnc(-c2ccccc2)o1. The Hall–Kier alpha value is -3.00. The number of anilines is 1. The van der Waals surface area contributed by atoms with Crippen molar-refractivity contribution in [2.45, 2.75) is 19.8 Å². The fourth-order valence-corrected chi connectivity index (χ4v) is 3.19. The molecule has 0 saturated carbocycles. The van der Waals surface area contributed by atoms with Gasteiger partial charge in [-0.25, -0.2) is 0 Å². The summed E-state index contributed by atoms with van der Waals surface area (Å²) in [6, 6.07) is 15.0. The summed E-state index contributed by atoms with van der Waals surface area (Å²) in [7, 11) is 1.60. The van der Waals surface area contributed by atoms with Gasteiger partial charge in [0.2, 0.25) is 23.6 Å². The minimum absolute atomic E-state index is 0.0343. The number of nitrogens with one attached hydrogen (secondary N) is 1. The molecule has 0 radical (unpaired) electrons. The smallest absolute Gasteiger partial charge is 0.247 e. The lowest BCUT2D eigenvalue weighted by Gasteiger charge is -2.17. The zero-order valence-electron chi connectivity index (χ0n) is 16.2. The number of benzene rings is 2. The molecule has 1 aromatic heterocycles. The molecule has 0 aliphatic carbocycles. The van der Waals surface area contributed by atoms with Crippen LogP contribution in [0.25, 0.3) is 11.5 Å². The predicted octanol–water partition coefficient (Wildman–Crippen LogP) is 3.84. The van der Waals surface area contributed by atoms with Gasteiger partial charge in [0, 0.05) is 35.6 Å². The molecule has 7 nitrogen and oxygen atoms in total. The highest BCUT2D eigenvalue weighted by atomic mass is 79.9. The Morgan fingerprint density at radius 1 is 1.14 bits per heavy atom. The second-order valence-corrected chi connectivity index (χ2v) is 7.54. The maximum absolute atomic E-state index is 12.3. The van der Waals surface area contributed by atoms with Crippen molar-refractivity contribution in [2.75, 3.05) is 18.9 Å². The van der Waals surface area contributed by atoms with Crippen molar-refractivity contribution < 1.29 is 14.0 Å². The maximum Gasteiger partial charge on any atom is 0.247 e. The first-order valence-corrected chi connectivity index (χ1v) is 9.89. The average molecular weight is 457 g/mol. The molecule has 2 aromatic carbocycles. The maximum atomic E-state index is 12.3. The van der Waals surface area contributed by atoms with E-state index < -0.39 is 0 Å². The van der Waals surface area contributed by atoms with Crippen molar-refractivity contribution >= 4 is 33.4 Å². The standard InChI is InChI=1S/C21H21BrN4O3/c1-14-12-16(22)8-9-17(14)23-18(27)13-26(2)20(28)11-10-19-24-25-21(29-19)15-6-4-3-5-7-15/h3-9,12H,10-11,13H2,1-2H3,(H,23,27). The van der Waals surface area contributed by atoms with Crippen LogP contribution in [0.2, 0.25) is 0 Å². The predicted molar refractivity (Wildman–Crippen MR) is 113 cm³/mol. The summed E-state index contributed by atoms with van der Waals surface area (Å²) < 4.78 is 6.55. The molecule has 3 rings (SSSR count). The molecule has 3 aromatic rings. The van der Waals surface area contributed by atoms with Crippen LogP contribution in [-0.4, -0.2) is 40.5 Å². The largest absolute Gasteiger partial charge is 0.421 e. The molecular weight excluding hydrogens is 436 g/mol. The van der Waals surface area contributed by atoms with E-state index in [2.05, 4.69) is 31.4 Å². The van der Waals surface area contributed by atoms with Crippen molar-refractivity contribution in [3.05, 3.63) is 64.5 Å². The Bertz CT molecular complexity index is 1000. The second-order valence-electron chi connectivity index (χ2n) is 6.62. The van der Waals surface area contributed by atoms with E-state index in [4.69, 9.17) is 4.42 Å². The quantitative estimate of drug-likeness (QED) is 0.583. The van der Waals surface area contributed by atoms with E-state index in [9.17, 15) is 9.59 Å². The first kappa shape index (κ1) is 20.7. The van der Waals surface area contributed by atoms with Crippen LogP contribution >= 0.6 is 15.9 Å². The van der Waals surface area contributed by atoms with Gasteiger partial charge in [-0.2, -0.15) is 0 Å². The average Bonchev–Trinajstić information content (AvgIpc) is 3.18. The van der Waals surface area contributed by atoms with Crippen LogP contribution in [0.3, 0.4) is 0 Å². The zero-order valence-corrected chi connectivity index (χ0v) is 17.8. The number of carbonyl (C=O) groups excluding carboxylic acids is 2. The molecule has 8 heteroatoms. The minimum Gasteiger partial charge on any atom is -0.421 e. The molecular formula is C21H21BrN4O3. The number of rotatable bonds is 7. The third-order valence-corrected chi connectivity index (χ3v) is 4.80. The van der Waals surface area contributed by atoms with Crippen LogP contribution in [0.1, 0.15) is 17.9 Å². The number of hydrogen-bond acceptors (Lipinski definition) is 5. The number of carbonyl (C=O) groups is 2. The number of amides is 2. The van der Waals surface area contributed by atoms with E-state index in [-0.39, 0.29) is 24.8 Å². The Morgan fingerprint density at radius 3 is 2.62 bits per heavy atom. The summed E-state index contributed by atoms with van der Waals surface area (Å²) in [4.78, 5) is 26.0. The third kappa shape index (κ3) is 5.74. The minimum atomic E-state index is -0.254. The van der Waals surface area contributed by atoms with Gasteiger partial charge in [-0.15, -0.1) is 10.2 Å². The fourth-order valence-electron chi connectivity index (χ4n) is 2.72. The van der Waals surface area contributed by atoms with Gasteiger partial charge in [0.25, 0.3) is 0 Å². The first-order chi connectivity index (χ1) is 13.9. The van der Waals surface area contributed by atoms with Gasteiger partial charge < -0.3 is 14.6 Å². The van der Waals surface area contributed by atoms with Gasteiger partial charge in [-0.1, -0.05) is 34.1 Å². The number of halogens is 1. The van der Waals surface area contributed by atoms with E-state index in [1.54, 1.807) is 7.05 Å². The summed E-state index contributed by atoms with van der Waals surface area (Å²) in [5.74, 6) is 0.383. The van der Waals surface area contributed by atoms with Crippen molar-refractivity contribution in [3.63, 3.8) is 0 Å². The van der Waals surface area contributed by atoms with E-state index in [1.807, 2.05) is 55.5 Å². The van der Waals surface area contributed by atoms with Gasteiger partial charge in [0.05, 0.1) is 6.54 Å². The molecule has 0 unspecified atom stereocenters. The van der Waals surface area contributed by atoms with Crippen LogP contribution in [0, 0.1) is 6.92 Å². The Kier molecular flexibility index (Phi) is 6.77. The molecule has 0 fully saturated rings. The van der Waals surface area contributed by atoms with Crippen molar-refractivity contribution in [2.24, 2.45) is 0 Å². The highest BCUT2D eigenvalue weighted by Crippen LogP contribution is 2.20. The van der Waals surface area contributed by atoms with E-state index in [1.165, 1.54) is 4.90 Å². The number of aromatic nitrogens is 2. The highest BCUT2D eigenvalue weighted by Gasteiger charge is 2.16. The van der Waals surface area contributed by atoms with Crippen LogP contribution in [0.15, 0.2) is 57.4 Å².